The third kappa shape index (κ3) is 4.76. The van der Waals surface area contributed by atoms with Gasteiger partial charge in [-0.3, -0.25) is 14.2 Å². The molecule has 1 saturated heterocycles. The second-order valence-corrected chi connectivity index (χ2v) is 12.2. The van der Waals surface area contributed by atoms with Crippen LogP contribution in [0.15, 0.2) is 46.5 Å². The van der Waals surface area contributed by atoms with Crippen LogP contribution in [0.4, 0.5) is 0 Å². The first-order valence-electron chi connectivity index (χ1n) is 13.8. The lowest BCUT2D eigenvalue weighted by molar-refractivity contribution is -0.122. The minimum atomic E-state index is -0.202. The maximum atomic E-state index is 13.6. The van der Waals surface area contributed by atoms with Gasteiger partial charge >= 0.3 is 0 Å². The Morgan fingerprint density at radius 2 is 2.11 bits per heavy atom. The largest absolute Gasteiger partial charge is 0.492 e. The fourth-order valence-electron chi connectivity index (χ4n) is 6.90. The molecule has 0 aromatic carbocycles. The van der Waals surface area contributed by atoms with Crippen LogP contribution >= 0.6 is 11.6 Å². The molecule has 1 aliphatic heterocycles. The molecule has 1 N–H and O–H groups in total. The van der Waals surface area contributed by atoms with Gasteiger partial charge in [0.15, 0.2) is 0 Å². The number of piperidine rings is 1. The molecule has 2 unspecified atom stereocenters. The van der Waals surface area contributed by atoms with Crippen molar-refractivity contribution >= 4 is 23.0 Å². The molecule has 3 aliphatic carbocycles. The molecular weight excluding hydrogens is 488 g/mol. The molecule has 1 amide bonds. The van der Waals surface area contributed by atoms with Gasteiger partial charge in [-0.25, -0.2) is 0 Å². The summed E-state index contributed by atoms with van der Waals surface area (Å²) >= 11 is 6.28. The molecule has 3 heterocycles. The van der Waals surface area contributed by atoms with Crippen molar-refractivity contribution in [2.24, 2.45) is 17.3 Å². The molecule has 2 aromatic rings. The number of carbonyl (C=O) groups excluding carboxylic acids is 1. The predicted octanol–water partition coefficient (Wildman–Crippen LogP) is 4.29. The van der Waals surface area contributed by atoms with Crippen molar-refractivity contribution in [3.8, 4) is 5.75 Å². The van der Waals surface area contributed by atoms with E-state index in [0.717, 1.165) is 42.3 Å². The van der Waals surface area contributed by atoms with Gasteiger partial charge in [0.25, 0.3) is 5.56 Å². The number of halogens is 1. The molecule has 3 fully saturated rings. The SMILES string of the molecule is CC(C)NC(=O)Cn1c(C2C=C(Cl)C=CC2)cn2cc(OCCCN3C[C@H]4CCC45C[C@@H]5C3)cc2c1=O. The minimum Gasteiger partial charge on any atom is -0.492 e. The minimum absolute atomic E-state index is 0.00103. The Labute approximate surface area is 223 Å². The summed E-state index contributed by atoms with van der Waals surface area (Å²) in [5, 5.41) is 3.53. The van der Waals surface area contributed by atoms with E-state index >= 15 is 0 Å². The fraction of sp³-hybridized carbons (Fsp3) is 0.586. The molecule has 1 spiro atoms. The molecule has 4 aliphatic rings. The van der Waals surface area contributed by atoms with Crippen molar-refractivity contribution in [2.45, 2.75) is 64.5 Å². The Bertz CT molecular complexity index is 1320. The van der Waals surface area contributed by atoms with Crippen LogP contribution in [-0.4, -0.2) is 52.1 Å². The van der Waals surface area contributed by atoms with Crippen LogP contribution in [0.5, 0.6) is 5.75 Å². The molecule has 8 heteroatoms. The molecule has 0 radical (unpaired) electrons. The number of nitrogens with zero attached hydrogens (tertiary/aromatic N) is 3. The van der Waals surface area contributed by atoms with Crippen molar-refractivity contribution in [1.29, 1.82) is 0 Å². The lowest BCUT2D eigenvalue weighted by atomic mass is 9.67. The van der Waals surface area contributed by atoms with Crippen molar-refractivity contribution in [3.63, 3.8) is 0 Å². The van der Waals surface area contributed by atoms with Gasteiger partial charge in [0.1, 0.15) is 17.8 Å². The second kappa shape index (κ2) is 9.66. The fourth-order valence-corrected chi connectivity index (χ4v) is 7.14. The molecule has 4 atom stereocenters. The highest BCUT2D eigenvalue weighted by Crippen LogP contribution is 2.70. The standard InChI is InChI=1S/C29H37ClN4O3/c1-19(2)31-27(35)18-34-26(20-5-3-6-23(30)11-20)17-33-16-24(12-25(33)28(34)36)37-10-4-9-32-14-21-7-8-29(21)13-22(29)15-32/h3,6,11-12,16-17,19-22H,4-5,7-10,13-15,18H2,1-2H3,(H,31,35)/t20?,21-,22-,29?/m1/s1. The van der Waals surface area contributed by atoms with Gasteiger partial charge in [0, 0.05) is 54.6 Å². The van der Waals surface area contributed by atoms with Gasteiger partial charge in [0.2, 0.25) is 5.91 Å². The molecule has 2 aromatic heterocycles. The lowest BCUT2D eigenvalue weighted by Crippen LogP contribution is -2.47. The summed E-state index contributed by atoms with van der Waals surface area (Å²) < 4.78 is 9.50. The number of fused-ring (bicyclic) bond motifs is 1. The van der Waals surface area contributed by atoms with Crippen LogP contribution in [0.1, 0.15) is 57.6 Å². The zero-order valence-electron chi connectivity index (χ0n) is 21.8. The maximum Gasteiger partial charge on any atom is 0.275 e. The monoisotopic (exact) mass is 524 g/mol. The molecule has 0 bridgehead atoms. The number of aromatic nitrogens is 2. The molecule has 2 saturated carbocycles. The van der Waals surface area contributed by atoms with Crippen molar-refractivity contribution in [2.75, 3.05) is 26.2 Å². The van der Waals surface area contributed by atoms with E-state index in [1.54, 1.807) is 10.6 Å². The lowest BCUT2D eigenvalue weighted by Gasteiger charge is -2.46. The smallest absolute Gasteiger partial charge is 0.275 e. The number of rotatable bonds is 9. The second-order valence-electron chi connectivity index (χ2n) is 11.8. The predicted molar refractivity (Wildman–Crippen MR) is 145 cm³/mol. The van der Waals surface area contributed by atoms with Crippen LogP contribution in [0.25, 0.3) is 5.52 Å². The summed E-state index contributed by atoms with van der Waals surface area (Å²) in [6.45, 7) is 8.00. The Morgan fingerprint density at radius 1 is 1.27 bits per heavy atom. The molecule has 37 heavy (non-hydrogen) atoms. The van der Waals surface area contributed by atoms with Crippen LogP contribution in [0.3, 0.4) is 0 Å². The van der Waals surface area contributed by atoms with Gasteiger partial charge in [-0.1, -0.05) is 23.8 Å². The summed E-state index contributed by atoms with van der Waals surface area (Å²) in [5.41, 5.74) is 1.82. The Hall–Kier alpha value is -2.51. The first-order valence-corrected chi connectivity index (χ1v) is 14.1. The maximum absolute atomic E-state index is 13.6. The summed E-state index contributed by atoms with van der Waals surface area (Å²) in [6, 6.07) is 1.79. The number of carbonyl (C=O) groups is 1. The number of ether oxygens (including phenoxy) is 1. The van der Waals surface area contributed by atoms with Crippen LogP contribution < -0.4 is 15.6 Å². The highest BCUT2D eigenvalue weighted by molar-refractivity contribution is 6.31. The van der Waals surface area contributed by atoms with Gasteiger partial charge in [-0.2, -0.15) is 0 Å². The van der Waals surface area contributed by atoms with Crippen molar-refractivity contribution in [3.05, 3.63) is 57.8 Å². The number of allylic oxidation sites excluding steroid dienone is 4. The highest BCUT2D eigenvalue weighted by Gasteiger charge is 2.65. The summed E-state index contributed by atoms with van der Waals surface area (Å²) in [4.78, 5) is 28.8. The molecule has 6 rings (SSSR count). The topological polar surface area (TPSA) is 68.0 Å². The van der Waals surface area contributed by atoms with Gasteiger partial charge < -0.3 is 19.4 Å². The van der Waals surface area contributed by atoms with Crippen LogP contribution in [-0.2, 0) is 11.3 Å². The number of likely N-dealkylation sites (tertiary alicyclic amines) is 1. The van der Waals surface area contributed by atoms with Crippen LogP contribution in [0.2, 0.25) is 0 Å². The van der Waals surface area contributed by atoms with E-state index in [-0.39, 0.29) is 30.0 Å². The summed E-state index contributed by atoms with van der Waals surface area (Å²) in [7, 11) is 0. The van der Waals surface area contributed by atoms with Crippen molar-refractivity contribution < 1.29 is 9.53 Å². The third-order valence-corrected chi connectivity index (χ3v) is 9.18. The van der Waals surface area contributed by atoms with E-state index in [4.69, 9.17) is 16.3 Å². The zero-order chi connectivity index (χ0) is 25.7. The molecular formula is C29H37ClN4O3. The van der Waals surface area contributed by atoms with Crippen molar-refractivity contribution in [1.82, 2.24) is 19.2 Å². The summed E-state index contributed by atoms with van der Waals surface area (Å²) in [6.07, 6.45) is 15.6. The number of amides is 1. The average molecular weight is 525 g/mol. The first-order chi connectivity index (χ1) is 17.8. The van der Waals surface area contributed by atoms with E-state index in [9.17, 15) is 9.59 Å². The van der Waals surface area contributed by atoms with Gasteiger partial charge in [-0.05, 0) is 69.3 Å². The normalized spacial score (nSPS) is 28.4. The number of nitrogens with one attached hydrogen (secondary N) is 1. The van der Waals surface area contributed by atoms with E-state index < -0.39 is 0 Å². The highest BCUT2D eigenvalue weighted by atomic mass is 35.5. The van der Waals surface area contributed by atoms with Gasteiger partial charge in [-0.15, -0.1) is 0 Å². The quantitative estimate of drug-likeness (QED) is 0.497. The molecule has 7 nitrogen and oxygen atoms in total. The average Bonchev–Trinajstić information content (AvgIpc) is 3.46. The van der Waals surface area contributed by atoms with E-state index in [2.05, 4.69) is 10.2 Å². The number of hydrogen-bond donors (Lipinski definition) is 1. The zero-order valence-corrected chi connectivity index (χ0v) is 22.5. The first kappa shape index (κ1) is 24.8. The van der Waals surface area contributed by atoms with Crippen LogP contribution in [0, 0.1) is 17.3 Å². The Kier molecular flexibility index (Phi) is 6.48. The summed E-state index contributed by atoms with van der Waals surface area (Å²) in [5.74, 6) is 2.30. The van der Waals surface area contributed by atoms with E-state index in [1.165, 1.54) is 32.4 Å². The third-order valence-electron chi connectivity index (χ3n) is 8.92. The Balaban J connectivity index is 1.16. The number of hydrogen-bond acceptors (Lipinski definition) is 4. The van der Waals surface area contributed by atoms with E-state index in [0.29, 0.717) is 22.9 Å². The van der Waals surface area contributed by atoms with Gasteiger partial charge in [0.05, 0.1) is 12.8 Å². The van der Waals surface area contributed by atoms with E-state index in [1.807, 2.05) is 48.9 Å². The Morgan fingerprint density at radius 3 is 2.84 bits per heavy atom. The molecule has 198 valence electrons.